The number of aryl methyl sites for hydroxylation is 2. The number of benzene rings is 1. The smallest absolute Gasteiger partial charge is 0.261 e. The number of rotatable bonds is 4. The summed E-state index contributed by atoms with van der Waals surface area (Å²) in [5, 5.41) is 2.95. The maximum absolute atomic E-state index is 12.4. The van der Waals surface area contributed by atoms with Gasteiger partial charge in [0.1, 0.15) is 5.75 Å². The Bertz CT molecular complexity index is 749. The van der Waals surface area contributed by atoms with Crippen molar-refractivity contribution >= 4 is 11.9 Å². The lowest BCUT2D eigenvalue weighted by Gasteiger charge is -2.14. The van der Waals surface area contributed by atoms with Crippen molar-refractivity contribution in [2.45, 2.75) is 32.9 Å². The van der Waals surface area contributed by atoms with Gasteiger partial charge in [0.15, 0.2) is 6.10 Å². The molecule has 1 amide bonds. The lowest BCUT2D eigenvalue weighted by atomic mass is 10.0. The molecule has 0 aliphatic carbocycles. The van der Waals surface area contributed by atoms with Crippen molar-refractivity contribution in [3.63, 3.8) is 0 Å². The third kappa shape index (κ3) is 2.96. The van der Waals surface area contributed by atoms with Gasteiger partial charge in [-0.3, -0.25) is 4.79 Å². The van der Waals surface area contributed by atoms with Gasteiger partial charge in [-0.05, 0) is 36.6 Å². The summed E-state index contributed by atoms with van der Waals surface area (Å²) in [4.78, 5) is 18.7. The van der Waals surface area contributed by atoms with Gasteiger partial charge in [-0.2, -0.15) is 0 Å². The van der Waals surface area contributed by atoms with Gasteiger partial charge < -0.3 is 19.5 Å². The zero-order valence-electron chi connectivity index (χ0n) is 14.9. The summed E-state index contributed by atoms with van der Waals surface area (Å²) >= 11 is 0. The molecule has 6 heteroatoms. The molecule has 1 aliphatic rings. The summed E-state index contributed by atoms with van der Waals surface area (Å²) < 4.78 is 7.79. The maximum Gasteiger partial charge on any atom is 0.261 e. The molecule has 0 saturated heterocycles. The van der Waals surface area contributed by atoms with Crippen LogP contribution in [0.4, 0.5) is 5.95 Å². The standard InChI is InChI=1S/C18H24N4O2/c1-11-6-13-8-16(24-15(13)7-12(11)2)17(23)19-9-14-10-20-18(21(3)4)22(14)5/h6-7,10,16H,8-9H2,1-5H3,(H,19,23)/t16-/m1/s1. The van der Waals surface area contributed by atoms with Crippen LogP contribution < -0.4 is 15.0 Å². The van der Waals surface area contributed by atoms with E-state index in [1.54, 1.807) is 6.20 Å². The molecule has 0 unspecified atom stereocenters. The molecule has 1 aromatic carbocycles. The topological polar surface area (TPSA) is 59.4 Å². The minimum atomic E-state index is -0.456. The quantitative estimate of drug-likeness (QED) is 0.928. The van der Waals surface area contributed by atoms with Gasteiger partial charge in [0.2, 0.25) is 5.95 Å². The SMILES string of the molecule is Cc1cc2c(cc1C)O[C@@H](C(=O)NCc1cnc(N(C)C)n1C)C2. The summed E-state index contributed by atoms with van der Waals surface area (Å²) in [5.74, 6) is 1.59. The molecule has 128 valence electrons. The van der Waals surface area contributed by atoms with Crippen molar-refractivity contribution < 1.29 is 9.53 Å². The van der Waals surface area contributed by atoms with Gasteiger partial charge in [0.25, 0.3) is 5.91 Å². The fourth-order valence-corrected chi connectivity index (χ4v) is 2.96. The van der Waals surface area contributed by atoms with Crippen LogP contribution in [0.1, 0.15) is 22.4 Å². The van der Waals surface area contributed by atoms with Gasteiger partial charge in [0.05, 0.1) is 18.4 Å². The second kappa shape index (κ2) is 6.19. The maximum atomic E-state index is 12.4. The Morgan fingerprint density at radius 1 is 1.38 bits per heavy atom. The number of imidazole rings is 1. The lowest BCUT2D eigenvalue weighted by Crippen LogP contribution is -2.37. The van der Waals surface area contributed by atoms with E-state index in [0.29, 0.717) is 13.0 Å². The largest absolute Gasteiger partial charge is 0.480 e. The Labute approximate surface area is 142 Å². The monoisotopic (exact) mass is 328 g/mol. The second-order valence-electron chi connectivity index (χ2n) is 6.58. The molecule has 24 heavy (non-hydrogen) atoms. The summed E-state index contributed by atoms with van der Waals surface area (Å²) in [5.41, 5.74) is 4.47. The van der Waals surface area contributed by atoms with Crippen LogP contribution in [0.5, 0.6) is 5.75 Å². The van der Waals surface area contributed by atoms with Crippen LogP contribution in [0, 0.1) is 13.8 Å². The van der Waals surface area contributed by atoms with E-state index in [4.69, 9.17) is 4.74 Å². The fourth-order valence-electron chi connectivity index (χ4n) is 2.96. The Morgan fingerprint density at radius 2 is 2.08 bits per heavy atom. The number of anilines is 1. The molecule has 6 nitrogen and oxygen atoms in total. The summed E-state index contributed by atoms with van der Waals surface area (Å²) in [6.07, 6.45) is 1.95. The highest BCUT2D eigenvalue weighted by molar-refractivity contribution is 5.82. The third-order valence-corrected chi connectivity index (χ3v) is 4.55. The first kappa shape index (κ1) is 16.4. The van der Waals surface area contributed by atoms with Crippen LogP contribution in [0.25, 0.3) is 0 Å². The van der Waals surface area contributed by atoms with Crippen molar-refractivity contribution in [3.05, 3.63) is 40.7 Å². The average molecular weight is 328 g/mol. The Hall–Kier alpha value is -2.50. The molecule has 0 bridgehead atoms. The predicted octanol–water partition coefficient (Wildman–Crippen LogP) is 1.72. The molecule has 2 heterocycles. The number of nitrogens with one attached hydrogen (secondary N) is 1. The lowest BCUT2D eigenvalue weighted by molar-refractivity contribution is -0.127. The summed E-state index contributed by atoms with van der Waals surface area (Å²) in [7, 11) is 5.83. The van der Waals surface area contributed by atoms with E-state index in [1.165, 1.54) is 11.1 Å². The number of carbonyl (C=O) groups excluding carboxylic acids is 1. The molecule has 1 N–H and O–H groups in total. The van der Waals surface area contributed by atoms with Crippen molar-refractivity contribution in [1.29, 1.82) is 0 Å². The van der Waals surface area contributed by atoms with Gasteiger partial charge in [0, 0.05) is 27.6 Å². The number of fused-ring (bicyclic) bond motifs is 1. The zero-order valence-corrected chi connectivity index (χ0v) is 14.9. The van der Waals surface area contributed by atoms with E-state index in [-0.39, 0.29) is 5.91 Å². The van der Waals surface area contributed by atoms with E-state index in [0.717, 1.165) is 23.0 Å². The van der Waals surface area contributed by atoms with E-state index >= 15 is 0 Å². The minimum Gasteiger partial charge on any atom is -0.480 e. The summed E-state index contributed by atoms with van der Waals surface area (Å²) in [6.45, 7) is 4.56. The number of hydrogen-bond acceptors (Lipinski definition) is 4. The highest BCUT2D eigenvalue weighted by Crippen LogP contribution is 2.31. The summed E-state index contributed by atoms with van der Waals surface area (Å²) in [6, 6.07) is 4.13. The van der Waals surface area contributed by atoms with Gasteiger partial charge in [-0.15, -0.1) is 0 Å². The van der Waals surface area contributed by atoms with Crippen LogP contribution in [0.2, 0.25) is 0 Å². The Morgan fingerprint density at radius 3 is 2.75 bits per heavy atom. The molecule has 0 spiro atoms. The number of aromatic nitrogens is 2. The number of nitrogens with zero attached hydrogens (tertiary/aromatic N) is 3. The van der Waals surface area contributed by atoms with E-state index in [2.05, 4.69) is 30.2 Å². The number of amides is 1. The molecule has 1 atom stereocenters. The Balaban J connectivity index is 1.63. The van der Waals surface area contributed by atoms with E-state index in [1.807, 2.05) is 36.7 Å². The molecule has 3 rings (SSSR count). The van der Waals surface area contributed by atoms with Crippen LogP contribution in [0.15, 0.2) is 18.3 Å². The number of hydrogen-bond donors (Lipinski definition) is 1. The third-order valence-electron chi connectivity index (χ3n) is 4.55. The van der Waals surface area contributed by atoms with Crippen molar-refractivity contribution in [2.75, 3.05) is 19.0 Å². The van der Waals surface area contributed by atoms with Gasteiger partial charge in [-0.25, -0.2) is 4.98 Å². The molecular formula is C18H24N4O2. The highest BCUT2D eigenvalue weighted by Gasteiger charge is 2.29. The first-order valence-corrected chi connectivity index (χ1v) is 8.09. The predicted molar refractivity (Wildman–Crippen MR) is 93.4 cm³/mol. The fraction of sp³-hybridized carbons (Fsp3) is 0.444. The number of ether oxygens (including phenoxy) is 1. The Kier molecular flexibility index (Phi) is 4.22. The van der Waals surface area contributed by atoms with Gasteiger partial charge in [-0.1, -0.05) is 6.07 Å². The molecule has 0 fully saturated rings. The molecule has 1 aromatic heterocycles. The van der Waals surface area contributed by atoms with Crippen LogP contribution in [-0.2, 0) is 24.8 Å². The van der Waals surface area contributed by atoms with Crippen LogP contribution >= 0.6 is 0 Å². The molecule has 1 aliphatic heterocycles. The average Bonchev–Trinajstić information content (AvgIpc) is 3.09. The molecule has 2 aromatic rings. The first-order chi connectivity index (χ1) is 11.4. The molecule has 0 radical (unpaired) electrons. The normalized spacial score (nSPS) is 15.8. The van der Waals surface area contributed by atoms with Crippen LogP contribution in [0.3, 0.4) is 0 Å². The van der Waals surface area contributed by atoms with Gasteiger partial charge >= 0.3 is 0 Å². The second-order valence-corrected chi connectivity index (χ2v) is 6.58. The number of carbonyl (C=O) groups is 1. The van der Waals surface area contributed by atoms with E-state index < -0.39 is 6.10 Å². The minimum absolute atomic E-state index is 0.0888. The molecular weight excluding hydrogens is 304 g/mol. The van der Waals surface area contributed by atoms with Crippen molar-refractivity contribution in [3.8, 4) is 5.75 Å². The first-order valence-electron chi connectivity index (χ1n) is 8.09. The molecule has 0 saturated carbocycles. The highest BCUT2D eigenvalue weighted by atomic mass is 16.5. The zero-order chi connectivity index (χ0) is 17.4. The van der Waals surface area contributed by atoms with Crippen molar-refractivity contribution in [1.82, 2.24) is 14.9 Å². The van der Waals surface area contributed by atoms with Crippen LogP contribution in [-0.4, -0.2) is 35.7 Å². The van der Waals surface area contributed by atoms with Crippen molar-refractivity contribution in [2.24, 2.45) is 7.05 Å². The van der Waals surface area contributed by atoms with E-state index in [9.17, 15) is 4.79 Å².